The number of unbranched alkanes of at least 4 members (excludes halogenated alkanes) is 4. The van der Waals surface area contributed by atoms with Gasteiger partial charge >= 0.3 is 5.97 Å². The van der Waals surface area contributed by atoms with E-state index in [1.165, 1.54) is 38.3 Å². The summed E-state index contributed by atoms with van der Waals surface area (Å²) < 4.78 is 4.89. The van der Waals surface area contributed by atoms with Crippen LogP contribution in [0.3, 0.4) is 0 Å². The Kier molecular flexibility index (Phi) is 8.73. The Balaban J connectivity index is 3.35. The van der Waals surface area contributed by atoms with E-state index in [9.17, 15) is 9.59 Å². The summed E-state index contributed by atoms with van der Waals surface area (Å²) >= 11 is 0. The van der Waals surface area contributed by atoms with Crippen molar-refractivity contribution >= 4 is 11.8 Å². The lowest BCUT2D eigenvalue weighted by Crippen LogP contribution is -2.02. The monoisotopic (exact) mass is 212 g/mol. The molecule has 0 unspecified atom stereocenters. The number of rotatable bonds is 8. The quantitative estimate of drug-likeness (QED) is 0.353. The van der Waals surface area contributed by atoms with Crippen LogP contribution in [0.2, 0.25) is 0 Å². The number of ether oxygens (including phenoxy) is 1. The van der Waals surface area contributed by atoms with E-state index in [4.69, 9.17) is 4.74 Å². The van der Waals surface area contributed by atoms with Crippen molar-refractivity contribution in [2.75, 3.05) is 6.61 Å². The number of carbonyl (C=O) groups is 2. The summed E-state index contributed by atoms with van der Waals surface area (Å²) in [6, 6.07) is 0. The first-order chi connectivity index (χ1) is 7.16. The van der Waals surface area contributed by atoms with Gasteiger partial charge in [-0.05, 0) is 19.4 Å². The molecule has 86 valence electrons. The molecule has 0 saturated carbocycles. The third-order valence-electron chi connectivity index (χ3n) is 1.95. The van der Waals surface area contributed by atoms with Crippen molar-refractivity contribution in [3.8, 4) is 0 Å². The van der Waals surface area contributed by atoms with Gasteiger partial charge in [0.05, 0.1) is 6.61 Å². The molecule has 0 aromatic carbocycles. The van der Waals surface area contributed by atoms with E-state index < -0.39 is 5.97 Å². The zero-order chi connectivity index (χ0) is 11.5. The summed E-state index contributed by atoms with van der Waals surface area (Å²) in [7, 11) is 0. The molecule has 0 rings (SSSR count). The van der Waals surface area contributed by atoms with Gasteiger partial charge in [-0.2, -0.15) is 0 Å². The molecule has 0 amide bonds. The summed E-state index contributed by atoms with van der Waals surface area (Å²) in [5, 5.41) is 0. The Morgan fingerprint density at radius 2 is 1.73 bits per heavy atom. The van der Waals surface area contributed by atoms with Crippen molar-refractivity contribution in [2.45, 2.75) is 46.0 Å². The highest BCUT2D eigenvalue weighted by molar-refractivity contribution is 5.94. The first-order valence-corrected chi connectivity index (χ1v) is 5.52. The molecule has 0 spiro atoms. The Bertz CT molecular complexity index is 219. The maximum atomic E-state index is 11.0. The normalized spacial score (nSPS) is 10.5. The Hall–Kier alpha value is -1.12. The zero-order valence-electron chi connectivity index (χ0n) is 9.62. The number of allylic oxidation sites excluding steroid dienone is 1. The molecule has 0 radical (unpaired) electrons. The molecule has 0 saturated heterocycles. The molecule has 0 bridgehead atoms. The van der Waals surface area contributed by atoms with Crippen molar-refractivity contribution < 1.29 is 14.3 Å². The minimum absolute atomic E-state index is 0.144. The molecule has 3 heteroatoms. The molecule has 0 heterocycles. The zero-order valence-corrected chi connectivity index (χ0v) is 9.62. The lowest BCUT2D eigenvalue weighted by molar-refractivity contribution is -0.138. The largest absolute Gasteiger partial charge is 0.463 e. The highest BCUT2D eigenvalue weighted by Crippen LogP contribution is 2.02. The fraction of sp³-hybridized carbons (Fsp3) is 0.667. The first-order valence-electron chi connectivity index (χ1n) is 5.52. The van der Waals surface area contributed by atoms with Crippen LogP contribution in [0.4, 0.5) is 0 Å². The minimum atomic E-state index is -0.430. The van der Waals surface area contributed by atoms with Crippen LogP contribution in [0.25, 0.3) is 0 Å². The molecule has 0 aliphatic carbocycles. The molecule has 0 aromatic rings. The van der Waals surface area contributed by atoms with Crippen LogP contribution in [0.1, 0.15) is 46.0 Å². The maximum Gasteiger partial charge on any atom is 0.330 e. The van der Waals surface area contributed by atoms with Gasteiger partial charge in [0.2, 0.25) is 0 Å². The van der Waals surface area contributed by atoms with E-state index in [-0.39, 0.29) is 5.78 Å². The van der Waals surface area contributed by atoms with Gasteiger partial charge in [0, 0.05) is 6.08 Å². The van der Waals surface area contributed by atoms with E-state index >= 15 is 0 Å². The second-order valence-corrected chi connectivity index (χ2v) is 3.53. The highest BCUT2D eigenvalue weighted by Gasteiger charge is 1.96. The third-order valence-corrected chi connectivity index (χ3v) is 1.95. The fourth-order valence-electron chi connectivity index (χ4n) is 1.11. The van der Waals surface area contributed by atoms with Gasteiger partial charge in [0.1, 0.15) is 0 Å². The van der Waals surface area contributed by atoms with E-state index in [2.05, 4.69) is 6.92 Å². The Labute approximate surface area is 91.5 Å². The molecule has 0 N–H and O–H groups in total. The average Bonchev–Trinajstić information content (AvgIpc) is 2.20. The average molecular weight is 212 g/mol. The Morgan fingerprint density at radius 1 is 1.07 bits per heavy atom. The molecular formula is C12H20O3. The first kappa shape index (κ1) is 13.9. The molecule has 15 heavy (non-hydrogen) atoms. The van der Waals surface area contributed by atoms with Gasteiger partial charge in [-0.3, -0.25) is 4.79 Å². The van der Waals surface area contributed by atoms with Crippen molar-refractivity contribution in [3.63, 3.8) is 0 Å². The minimum Gasteiger partial charge on any atom is -0.463 e. The van der Waals surface area contributed by atoms with E-state index in [0.29, 0.717) is 6.61 Å². The molecule has 0 atom stereocenters. The Morgan fingerprint density at radius 3 is 2.33 bits per heavy atom. The number of hydrogen-bond donors (Lipinski definition) is 0. The van der Waals surface area contributed by atoms with Gasteiger partial charge in [-0.15, -0.1) is 0 Å². The predicted octanol–water partition coefficient (Wildman–Crippen LogP) is 2.65. The molecule has 0 fully saturated rings. The van der Waals surface area contributed by atoms with Crippen LogP contribution in [-0.4, -0.2) is 18.4 Å². The van der Waals surface area contributed by atoms with Crippen LogP contribution in [0.5, 0.6) is 0 Å². The van der Waals surface area contributed by atoms with Gasteiger partial charge in [0.25, 0.3) is 0 Å². The van der Waals surface area contributed by atoms with Crippen LogP contribution in [0.15, 0.2) is 12.2 Å². The summed E-state index contributed by atoms with van der Waals surface area (Å²) in [6.45, 7) is 4.01. The van der Waals surface area contributed by atoms with Gasteiger partial charge < -0.3 is 4.74 Å². The standard InChI is InChI=1S/C12H20O3/c1-3-4-5-6-7-10-15-12(14)9-8-11(2)13/h8-9H,3-7,10H2,1-2H3/b9-8+. The summed E-state index contributed by atoms with van der Waals surface area (Å²) in [6.07, 6.45) is 8.03. The predicted molar refractivity (Wildman–Crippen MR) is 59.5 cm³/mol. The second-order valence-electron chi connectivity index (χ2n) is 3.53. The van der Waals surface area contributed by atoms with Gasteiger partial charge in [-0.1, -0.05) is 32.6 Å². The molecule has 0 aromatic heterocycles. The summed E-state index contributed by atoms with van der Waals surface area (Å²) in [4.78, 5) is 21.5. The van der Waals surface area contributed by atoms with Crippen molar-refractivity contribution in [1.82, 2.24) is 0 Å². The SMILES string of the molecule is CCCCCCCOC(=O)/C=C/C(C)=O. The molecule has 0 aliphatic heterocycles. The topological polar surface area (TPSA) is 43.4 Å². The van der Waals surface area contributed by atoms with Gasteiger partial charge in [0.15, 0.2) is 5.78 Å². The number of ketones is 1. The third kappa shape index (κ3) is 10.8. The van der Waals surface area contributed by atoms with Crippen LogP contribution < -0.4 is 0 Å². The highest BCUT2D eigenvalue weighted by atomic mass is 16.5. The lowest BCUT2D eigenvalue weighted by atomic mass is 10.2. The van der Waals surface area contributed by atoms with Crippen LogP contribution >= 0.6 is 0 Å². The van der Waals surface area contributed by atoms with Crippen LogP contribution in [-0.2, 0) is 14.3 Å². The fourth-order valence-corrected chi connectivity index (χ4v) is 1.11. The number of esters is 1. The number of hydrogen-bond acceptors (Lipinski definition) is 3. The lowest BCUT2D eigenvalue weighted by Gasteiger charge is -2.01. The summed E-state index contributed by atoms with van der Waals surface area (Å²) in [5.41, 5.74) is 0. The van der Waals surface area contributed by atoms with Crippen molar-refractivity contribution in [1.29, 1.82) is 0 Å². The van der Waals surface area contributed by atoms with E-state index in [0.717, 1.165) is 12.8 Å². The maximum absolute atomic E-state index is 11.0. The second kappa shape index (κ2) is 9.44. The van der Waals surface area contributed by atoms with Crippen LogP contribution in [0, 0.1) is 0 Å². The number of carbonyl (C=O) groups excluding carboxylic acids is 2. The summed E-state index contributed by atoms with van der Waals surface area (Å²) in [5.74, 6) is -0.574. The smallest absolute Gasteiger partial charge is 0.330 e. The molecule has 3 nitrogen and oxygen atoms in total. The van der Waals surface area contributed by atoms with E-state index in [1.54, 1.807) is 0 Å². The van der Waals surface area contributed by atoms with Crippen molar-refractivity contribution in [2.24, 2.45) is 0 Å². The molecule has 0 aliphatic rings. The van der Waals surface area contributed by atoms with Gasteiger partial charge in [-0.25, -0.2) is 4.79 Å². The van der Waals surface area contributed by atoms with E-state index in [1.807, 2.05) is 0 Å². The van der Waals surface area contributed by atoms with Crippen molar-refractivity contribution in [3.05, 3.63) is 12.2 Å². The molecular weight excluding hydrogens is 192 g/mol.